The lowest BCUT2D eigenvalue weighted by Gasteiger charge is -2.17. The van der Waals surface area contributed by atoms with Gasteiger partial charge in [0.15, 0.2) is 0 Å². The molecule has 1 heterocycles. The lowest BCUT2D eigenvalue weighted by molar-refractivity contribution is 0.0937. The highest BCUT2D eigenvalue weighted by Crippen LogP contribution is 2.18. The molecule has 3 rings (SSSR count). The summed E-state index contributed by atoms with van der Waals surface area (Å²) in [5, 5.41) is 3.86. The van der Waals surface area contributed by atoms with Crippen LogP contribution in [0.4, 0.5) is 0 Å². The zero-order valence-corrected chi connectivity index (χ0v) is 15.9. The summed E-state index contributed by atoms with van der Waals surface area (Å²) in [4.78, 5) is 29.4. The molecule has 5 nitrogen and oxygen atoms in total. The first-order valence-corrected chi connectivity index (χ1v) is 8.76. The minimum absolute atomic E-state index is 0.179. The number of fused-ring (bicyclic) bond motifs is 1. The van der Waals surface area contributed by atoms with E-state index in [-0.39, 0.29) is 11.5 Å². The highest BCUT2D eigenvalue weighted by atomic mass is 79.9. The molecule has 1 atom stereocenters. The van der Waals surface area contributed by atoms with Crippen molar-refractivity contribution in [1.82, 2.24) is 14.9 Å². The van der Waals surface area contributed by atoms with Crippen LogP contribution in [0.1, 0.15) is 29.1 Å². The first kappa shape index (κ1) is 17.6. The molecule has 0 saturated carbocycles. The molecule has 2 aromatic carbocycles. The molecule has 25 heavy (non-hydrogen) atoms. The quantitative estimate of drug-likeness (QED) is 0.700. The van der Waals surface area contributed by atoms with Crippen LogP contribution < -0.4 is 10.9 Å². The first-order valence-electron chi connectivity index (χ1n) is 7.59. The normalized spacial score (nSPS) is 12.2. The van der Waals surface area contributed by atoms with Crippen molar-refractivity contribution in [2.75, 3.05) is 0 Å². The number of nitrogens with one attached hydrogen (secondary N) is 1. The number of carbonyl (C=O) groups is 1. The Morgan fingerprint density at radius 3 is 2.60 bits per heavy atom. The van der Waals surface area contributed by atoms with Crippen LogP contribution in [0.15, 0.2) is 51.7 Å². The van der Waals surface area contributed by atoms with Crippen molar-refractivity contribution in [2.24, 2.45) is 7.05 Å². The molecule has 3 aromatic rings. The molecule has 0 saturated heterocycles. The van der Waals surface area contributed by atoms with E-state index in [1.165, 1.54) is 4.57 Å². The molecule has 128 valence electrons. The lowest BCUT2D eigenvalue weighted by atomic mass is 10.2. The van der Waals surface area contributed by atoms with Crippen molar-refractivity contribution < 1.29 is 4.79 Å². The van der Waals surface area contributed by atoms with Crippen molar-refractivity contribution in [2.45, 2.75) is 13.0 Å². The minimum Gasteiger partial charge on any atom is -0.342 e. The Labute approximate surface area is 157 Å². The number of carbonyl (C=O) groups excluding carboxylic acids is 1. The Hall–Kier alpha value is -2.18. The number of amides is 1. The van der Waals surface area contributed by atoms with Crippen LogP contribution in [-0.4, -0.2) is 15.5 Å². The second kappa shape index (κ2) is 6.98. The van der Waals surface area contributed by atoms with Gasteiger partial charge in [-0.05, 0) is 49.4 Å². The van der Waals surface area contributed by atoms with Gasteiger partial charge in [0, 0.05) is 22.1 Å². The van der Waals surface area contributed by atoms with E-state index in [9.17, 15) is 9.59 Å². The van der Waals surface area contributed by atoms with E-state index in [0.717, 1.165) is 4.47 Å². The van der Waals surface area contributed by atoms with E-state index < -0.39 is 6.04 Å². The third-order valence-electron chi connectivity index (χ3n) is 3.91. The molecule has 7 heteroatoms. The molecule has 0 bridgehead atoms. The fourth-order valence-electron chi connectivity index (χ4n) is 2.59. The number of hydrogen-bond acceptors (Lipinski definition) is 3. The second-order valence-electron chi connectivity index (χ2n) is 5.70. The predicted molar refractivity (Wildman–Crippen MR) is 102 cm³/mol. The van der Waals surface area contributed by atoms with Gasteiger partial charge in [-0.15, -0.1) is 0 Å². The van der Waals surface area contributed by atoms with Crippen molar-refractivity contribution >= 4 is 44.3 Å². The number of aromatic nitrogens is 2. The average Bonchev–Trinajstić information content (AvgIpc) is 2.58. The Balaban J connectivity index is 1.95. The van der Waals surface area contributed by atoms with Gasteiger partial charge in [-0.25, -0.2) is 4.98 Å². The van der Waals surface area contributed by atoms with E-state index in [0.29, 0.717) is 27.3 Å². The highest BCUT2D eigenvalue weighted by Gasteiger charge is 2.17. The fourth-order valence-corrected chi connectivity index (χ4v) is 3.03. The van der Waals surface area contributed by atoms with Crippen LogP contribution in [0.25, 0.3) is 10.9 Å². The van der Waals surface area contributed by atoms with Gasteiger partial charge in [-0.3, -0.25) is 14.2 Å². The van der Waals surface area contributed by atoms with Crippen LogP contribution in [0.5, 0.6) is 0 Å². The maximum Gasteiger partial charge on any atom is 0.261 e. The SMILES string of the molecule is CC(NC(=O)c1ccc(Br)cc1)c1nc2cc(Cl)ccc2c(=O)n1C. The standard InChI is InChI=1S/C18H15BrClN3O2/c1-10(21-17(24)11-3-5-12(19)6-4-11)16-22-15-9-13(20)7-8-14(15)18(25)23(16)2/h3-10H,1-2H3,(H,21,24). The van der Waals surface area contributed by atoms with Gasteiger partial charge in [-0.1, -0.05) is 27.5 Å². The van der Waals surface area contributed by atoms with E-state index in [1.807, 2.05) is 0 Å². The van der Waals surface area contributed by atoms with Crippen molar-refractivity contribution in [3.63, 3.8) is 0 Å². The fraction of sp³-hybridized carbons (Fsp3) is 0.167. The summed E-state index contributed by atoms with van der Waals surface area (Å²) >= 11 is 9.34. The van der Waals surface area contributed by atoms with Gasteiger partial charge in [-0.2, -0.15) is 0 Å². The molecule has 0 aliphatic heterocycles. The Bertz CT molecular complexity index is 1020. The number of hydrogen-bond donors (Lipinski definition) is 1. The third kappa shape index (κ3) is 3.60. The van der Waals surface area contributed by atoms with Gasteiger partial charge in [0.05, 0.1) is 16.9 Å². The number of rotatable bonds is 3. The molecule has 0 radical (unpaired) electrons. The van der Waals surface area contributed by atoms with Crippen molar-refractivity contribution in [3.8, 4) is 0 Å². The molecule has 0 fully saturated rings. The Kier molecular flexibility index (Phi) is 4.92. The maximum absolute atomic E-state index is 12.5. The van der Waals surface area contributed by atoms with Crippen LogP contribution in [0.3, 0.4) is 0 Å². The molecule has 1 unspecified atom stereocenters. The molecule has 0 aliphatic carbocycles. The van der Waals surface area contributed by atoms with Crippen molar-refractivity contribution in [3.05, 3.63) is 73.7 Å². The summed E-state index contributed by atoms with van der Waals surface area (Å²) in [6.45, 7) is 1.79. The molecule has 1 aromatic heterocycles. The van der Waals surface area contributed by atoms with Gasteiger partial charge >= 0.3 is 0 Å². The summed E-state index contributed by atoms with van der Waals surface area (Å²) in [6.07, 6.45) is 0. The summed E-state index contributed by atoms with van der Waals surface area (Å²) in [5.41, 5.74) is 0.862. The van der Waals surface area contributed by atoms with E-state index in [2.05, 4.69) is 26.2 Å². The van der Waals surface area contributed by atoms with Crippen LogP contribution in [0, 0.1) is 0 Å². The van der Waals surface area contributed by atoms with Gasteiger partial charge in [0.2, 0.25) is 0 Å². The smallest absolute Gasteiger partial charge is 0.261 e. The second-order valence-corrected chi connectivity index (χ2v) is 7.05. The molecule has 0 spiro atoms. The molecular formula is C18H15BrClN3O2. The molecule has 1 amide bonds. The summed E-state index contributed by atoms with van der Waals surface area (Å²) in [5.74, 6) is 0.227. The monoisotopic (exact) mass is 419 g/mol. The van der Waals surface area contributed by atoms with Gasteiger partial charge in [0.1, 0.15) is 5.82 Å². The van der Waals surface area contributed by atoms with Crippen molar-refractivity contribution in [1.29, 1.82) is 0 Å². The predicted octanol–water partition coefficient (Wildman–Crippen LogP) is 3.84. The van der Waals surface area contributed by atoms with E-state index in [4.69, 9.17) is 11.6 Å². The molecule has 1 N–H and O–H groups in total. The van der Waals surface area contributed by atoms with E-state index >= 15 is 0 Å². The lowest BCUT2D eigenvalue weighted by Crippen LogP contribution is -2.32. The highest BCUT2D eigenvalue weighted by molar-refractivity contribution is 9.10. The topological polar surface area (TPSA) is 64.0 Å². The summed E-state index contributed by atoms with van der Waals surface area (Å²) < 4.78 is 2.34. The Morgan fingerprint density at radius 2 is 1.92 bits per heavy atom. The maximum atomic E-state index is 12.5. The largest absolute Gasteiger partial charge is 0.342 e. The third-order valence-corrected chi connectivity index (χ3v) is 4.68. The summed E-state index contributed by atoms with van der Waals surface area (Å²) in [6, 6.07) is 11.5. The molecule has 0 aliphatic rings. The van der Waals surface area contributed by atoms with E-state index in [1.54, 1.807) is 56.4 Å². The average molecular weight is 421 g/mol. The minimum atomic E-state index is -0.447. The zero-order valence-electron chi connectivity index (χ0n) is 13.6. The molecular weight excluding hydrogens is 406 g/mol. The van der Waals surface area contributed by atoms with Crippen LogP contribution in [0.2, 0.25) is 5.02 Å². The van der Waals surface area contributed by atoms with Crippen LogP contribution >= 0.6 is 27.5 Å². The van der Waals surface area contributed by atoms with Gasteiger partial charge < -0.3 is 5.32 Å². The Morgan fingerprint density at radius 1 is 1.24 bits per heavy atom. The summed E-state index contributed by atoms with van der Waals surface area (Å²) in [7, 11) is 1.64. The van der Waals surface area contributed by atoms with Gasteiger partial charge in [0.25, 0.3) is 11.5 Å². The number of halogens is 2. The number of nitrogens with zero attached hydrogens (tertiary/aromatic N) is 2. The first-order chi connectivity index (χ1) is 11.9. The zero-order chi connectivity index (χ0) is 18.1. The van der Waals surface area contributed by atoms with Crippen LogP contribution in [-0.2, 0) is 7.05 Å². The number of benzene rings is 2.